The second-order valence-corrected chi connectivity index (χ2v) is 5.47. The van der Waals surface area contributed by atoms with E-state index in [9.17, 15) is 13.2 Å². The number of nitrogen functional groups attached to an aromatic ring is 1. The van der Waals surface area contributed by atoms with E-state index in [2.05, 4.69) is 4.98 Å². The zero-order valence-corrected chi connectivity index (χ0v) is 11.1. The summed E-state index contributed by atoms with van der Waals surface area (Å²) in [5, 5.41) is 0.155. The summed E-state index contributed by atoms with van der Waals surface area (Å²) in [6.07, 6.45) is -2.09. The molecule has 20 heavy (non-hydrogen) atoms. The van der Waals surface area contributed by atoms with E-state index in [4.69, 9.17) is 5.73 Å². The first-order valence-corrected chi connectivity index (χ1v) is 6.63. The number of rotatable bonds is 2. The van der Waals surface area contributed by atoms with Crippen LogP contribution in [0.3, 0.4) is 0 Å². The maximum absolute atomic E-state index is 13.5. The van der Waals surface area contributed by atoms with Crippen molar-refractivity contribution < 1.29 is 13.2 Å². The highest BCUT2D eigenvalue weighted by Gasteiger charge is 2.38. The number of fused-ring (bicyclic) bond motifs is 1. The highest BCUT2D eigenvalue weighted by atomic mass is 19.4. The first-order valence-electron chi connectivity index (χ1n) is 6.63. The van der Waals surface area contributed by atoms with Crippen LogP contribution in [0.25, 0.3) is 10.9 Å². The lowest BCUT2D eigenvalue weighted by Gasteiger charge is -2.18. The molecule has 0 atom stereocenters. The van der Waals surface area contributed by atoms with Crippen LogP contribution in [0.15, 0.2) is 18.2 Å². The number of hydrogen-bond acceptors (Lipinski definition) is 2. The average Bonchev–Trinajstić information content (AvgIpc) is 3.14. The third-order valence-electron chi connectivity index (χ3n) is 3.82. The normalized spacial score (nSPS) is 15.8. The fourth-order valence-corrected chi connectivity index (χ4v) is 2.63. The van der Waals surface area contributed by atoms with E-state index in [1.807, 2.05) is 0 Å². The largest absolute Gasteiger partial charge is 0.417 e. The van der Waals surface area contributed by atoms with E-state index in [-0.39, 0.29) is 16.8 Å². The smallest absolute Gasteiger partial charge is 0.383 e. The Labute approximate surface area is 114 Å². The van der Waals surface area contributed by atoms with Gasteiger partial charge >= 0.3 is 6.18 Å². The Hall–Kier alpha value is -1.78. The van der Waals surface area contributed by atoms with Crippen molar-refractivity contribution in [3.05, 3.63) is 34.9 Å². The quantitative estimate of drug-likeness (QED) is 0.899. The number of hydrogen-bond donors (Lipinski definition) is 1. The van der Waals surface area contributed by atoms with Crippen LogP contribution in [0.4, 0.5) is 19.0 Å². The minimum Gasteiger partial charge on any atom is -0.383 e. The summed E-state index contributed by atoms with van der Waals surface area (Å²) in [6, 6.07) is 4.86. The zero-order valence-electron chi connectivity index (χ0n) is 11.1. The maximum Gasteiger partial charge on any atom is 0.417 e. The summed E-state index contributed by atoms with van der Waals surface area (Å²) >= 11 is 0. The van der Waals surface area contributed by atoms with Crippen molar-refractivity contribution in [2.75, 3.05) is 5.73 Å². The number of benzene rings is 1. The van der Waals surface area contributed by atoms with E-state index in [0.29, 0.717) is 23.4 Å². The number of aromatic nitrogens is 1. The van der Waals surface area contributed by atoms with Gasteiger partial charge in [-0.2, -0.15) is 13.2 Å². The Kier molecular flexibility index (Phi) is 2.88. The molecule has 1 aromatic heterocycles. The van der Waals surface area contributed by atoms with Crippen LogP contribution >= 0.6 is 0 Å². The molecule has 0 bridgehead atoms. The first-order chi connectivity index (χ1) is 9.38. The minimum absolute atomic E-state index is 0.0195. The highest BCUT2D eigenvalue weighted by molar-refractivity contribution is 5.88. The van der Waals surface area contributed by atoms with Gasteiger partial charge in [-0.25, -0.2) is 4.98 Å². The lowest BCUT2D eigenvalue weighted by atomic mass is 9.96. The van der Waals surface area contributed by atoms with E-state index in [1.165, 1.54) is 6.07 Å². The molecule has 1 aliphatic rings. The van der Waals surface area contributed by atoms with Gasteiger partial charge in [-0.1, -0.05) is 18.2 Å². The molecule has 2 nitrogen and oxygen atoms in total. The van der Waals surface area contributed by atoms with Gasteiger partial charge in [-0.3, -0.25) is 0 Å². The van der Waals surface area contributed by atoms with Crippen molar-refractivity contribution in [2.45, 2.75) is 32.4 Å². The molecule has 1 aromatic carbocycles. The second-order valence-electron chi connectivity index (χ2n) is 5.47. The molecule has 2 aromatic rings. The number of nitrogens with zero attached hydrogens (tertiary/aromatic N) is 1. The topological polar surface area (TPSA) is 38.9 Å². The van der Waals surface area contributed by atoms with Gasteiger partial charge in [0.25, 0.3) is 0 Å². The average molecular weight is 280 g/mol. The number of alkyl halides is 3. The highest BCUT2D eigenvalue weighted by Crippen LogP contribution is 2.43. The third-order valence-corrected chi connectivity index (χ3v) is 3.82. The summed E-state index contributed by atoms with van der Waals surface area (Å²) in [5.74, 6) is 0.341. The first kappa shape index (κ1) is 13.2. The molecule has 1 fully saturated rings. The Balaban J connectivity index is 2.33. The molecular weight excluding hydrogens is 265 g/mol. The number of halogens is 3. The van der Waals surface area contributed by atoms with Crippen LogP contribution in [0.5, 0.6) is 0 Å². The summed E-state index contributed by atoms with van der Waals surface area (Å²) < 4.78 is 40.4. The molecule has 0 saturated heterocycles. The predicted molar refractivity (Wildman–Crippen MR) is 72.3 cm³/mol. The van der Waals surface area contributed by atoms with Gasteiger partial charge < -0.3 is 5.73 Å². The molecule has 1 saturated carbocycles. The fraction of sp³-hybridized carbons (Fsp3) is 0.400. The SMILES string of the molecule is Cc1cccc2c(C(F)(F)F)c(CC3CC3)c(N)nc12. The van der Waals surface area contributed by atoms with Crippen LogP contribution < -0.4 is 5.73 Å². The monoisotopic (exact) mass is 280 g/mol. The van der Waals surface area contributed by atoms with Gasteiger partial charge in [-0.15, -0.1) is 0 Å². The minimum atomic E-state index is -4.41. The Morgan fingerprint density at radius 3 is 2.60 bits per heavy atom. The van der Waals surface area contributed by atoms with Crippen molar-refractivity contribution in [3.8, 4) is 0 Å². The van der Waals surface area contributed by atoms with E-state index in [1.54, 1.807) is 19.1 Å². The van der Waals surface area contributed by atoms with Gasteiger partial charge in [-0.05, 0) is 37.7 Å². The number of para-hydroxylation sites is 1. The van der Waals surface area contributed by atoms with Crippen LogP contribution in [0.2, 0.25) is 0 Å². The van der Waals surface area contributed by atoms with Crippen LogP contribution in [-0.4, -0.2) is 4.98 Å². The van der Waals surface area contributed by atoms with E-state index >= 15 is 0 Å². The summed E-state index contributed by atoms with van der Waals surface area (Å²) in [5.41, 5.74) is 6.43. The van der Waals surface area contributed by atoms with Crippen molar-refractivity contribution in [1.29, 1.82) is 0 Å². The standard InChI is InChI=1S/C15H15F3N2/c1-8-3-2-4-10-12(15(16,17)18)11(7-9-5-6-9)14(19)20-13(8)10/h2-4,9H,5-7H2,1H3,(H2,19,20). The molecule has 3 rings (SSSR count). The molecule has 0 spiro atoms. The van der Waals surface area contributed by atoms with Crippen molar-refractivity contribution in [2.24, 2.45) is 5.92 Å². The molecule has 0 aliphatic heterocycles. The molecule has 1 aliphatic carbocycles. The van der Waals surface area contributed by atoms with Gasteiger partial charge in [0.1, 0.15) is 5.82 Å². The van der Waals surface area contributed by atoms with Gasteiger partial charge in [0.2, 0.25) is 0 Å². The summed E-state index contributed by atoms with van der Waals surface area (Å²) in [6.45, 7) is 1.75. The van der Waals surface area contributed by atoms with Crippen molar-refractivity contribution >= 4 is 16.7 Å². The Morgan fingerprint density at radius 1 is 1.30 bits per heavy atom. The second kappa shape index (κ2) is 4.36. The number of nitrogens with two attached hydrogens (primary N) is 1. The van der Waals surface area contributed by atoms with Gasteiger partial charge in [0, 0.05) is 10.9 Å². The van der Waals surface area contributed by atoms with E-state index in [0.717, 1.165) is 12.8 Å². The molecule has 5 heteroatoms. The number of pyridine rings is 1. The summed E-state index contributed by atoms with van der Waals surface area (Å²) in [7, 11) is 0. The van der Waals surface area contributed by atoms with Crippen LogP contribution in [0.1, 0.15) is 29.5 Å². The number of anilines is 1. The molecule has 1 heterocycles. The molecule has 2 N–H and O–H groups in total. The molecular formula is C15H15F3N2. The Morgan fingerprint density at radius 2 is 2.00 bits per heavy atom. The lowest BCUT2D eigenvalue weighted by molar-refractivity contribution is -0.136. The third kappa shape index (κ3) is 2.21. The molecule has 106 valence electrons. The van der Waals surface area contributed by atoms with Crippen molar-refractivity contribution in [3.63, 3.8) is 0 Å². The maximum atomic E-state index is 13.5. The zero-order chi connectivity index (χ0) is 14.5. The van der Waals surface area contributed by atoms with Crippen LogP contribution in [0, 0.1) is 12.8 Å². The Bertz CT molecular complexity index is 673. The molecule has 0 radical (unpaired) electrons. The fourth-order valence-electron chi connectivity index (χ4n) is 2.63. The molecule has 0 unspecified atom stereocenters. The summed E-state index contributed by atoms with van der Waals surface area (Å²) in [4.78, 5) is 4.21. The number of aryl methyl sites for hydroxylation is 1. The predicted octanol–water partition coefficient (Wildman–Crippen LogP) is 4.10. The van der Waals surface area contributed by atoms with E-state index < -0.39 is 11.7 Å². The van der Waals surface area contributed by atoms with Crippen molar-refractivity contribution in [1.82, 2.24) is 4.98 Å². The lowest BCUT2D eigenvalue weighted by Crippen LogP contribution is -2.14. The molecule has 0 amide bonds. The van der Waals surface area contributed by atoms with Gasteiger partial charge in [0.05, 0.1) is 11.1 Å². The van der Waals surface area contributed by atoms with Crippen LogP contribution in [-0.2, 0) is 12.6 Å². The van der Waals surface area contributed by atoms with Gasteiger partial charge in [0.15, 0.2) is 0 Å².